The number of pyridine rings is 1. The van der Waals surface area contributed by atoms with Crippen molar-refractivity contribution < 1.29 is 13.2 Å². The van der Waals surface area contributed by atoms with Crippen molar-refractivity contribution in [2.75, 3.05) is 13.7 Å². The maximum absolute atomic E-state index is 12.4. The molecule has 0 amide bonds. The number of hydrogen-bond donors (Lipinski definition) is 1. The average molecular weight is 320 g/mol. The molecule has 0 aliphatic heterocycles. The van der Waals surface area contributed by atoms with Gasteiger partial charge in [-0.1, -0.05) is 30.3 Å². The van der Waals surface area contributed by atoms with E-state index < -0.39 is 16.1 Å². The molecule has 0 saturated carbocycles. The van der Waals surface area contributed by atoms with Gasteiger partial charge in [-0.15, -0.1) is 0 Å². The highest BCUT2D eigenvalue weighted by Gasteiger charge is 2.21. The number of hydrogen-bond acceptors (Lipinski definition) is 4. The number of ether oxygens (including phenoxy) is 1. The van der Waals surface area contributed by atoms with Crippen molar-refractivity contribution in [3.05, 3.63) is 65.5 Å². The van der Waals surface area contributed by atoms with Gasteiger partial charge in [0.25, 0.3) is 0 Å². The molecule has 1 aromatic carbocycles. The highest BCUT2D eigenvalue weighted by Crippen LogP contribution is 2.15. The molecule has 0 bridgehead atoms. The maximum atomic E-state index is 12.4. The molecule has 0 aliphatic rings. The third-order valence-corrected chi connectivity index (χ3v) is 4.64. The third kappa shape index (κ3) is 4.62. The number of nitrogens with one attached hydrogen (secondary N) is 1. The van der Waals surface area contributed by atoms with Gasteiger partial charge in [-0.3, -0.25) is 4.98 Å². The molecule has 0 fully saturated rings. The second-order valence-electron chi connectivity index (χ2n) is 5.07. The van der Waals surface area contributed by atoms with Crippen LogP contribution in [0.3, 0.4) is 0 Å². The molecule has 1 heterocycles. The number of aromatic nitrogens is 1. The largest absolute Gasteiger partial charge is 0.383 e. The van der Waals surface area contributed by atoms with E-state index in [1.54, 1.807) is 18.3 Å². The Morgan fingerprint density at radius 3 is 2.55 bits per heavy atom. The summed E-state index contributed by atoms with van der Waals surface area (Å²) in [5.41, 5.74) is 2.37. The first-order chi connectivity index (χ1) is 10.5. The summed E-state index contributed by atoms with van der Waals surface area (Å²) in [6.45, 7) is 2.13. The molecule has 1 atom stereocenters. The molecule has 0 spiro atoms. The van der Waals surface area contributed by atoms with E-state index in [4.69, 9.17) is 4.74 Å². The van der Waals surface area contributed by atoms with E-state index in [1.807, 2.05) is 37.3 Å². The fraction of sp³-hybridized carbons (Fsp3) is 0.312. The van der Waals surface area contributed by atoms with Crippen LogP contribution < -0.4 is 4.72 Å². The zero-order chi connectivity index (χ0) is 16.0. The van der Waals surface area contributed by atoms with Crippen LogP contribution in [-0.4, -0.2) is 27.1 Å². The van der Waals surface area contributed by atoms with Crippen molar-refractivity contribution in [1.29, 1.82) is 0 Å². The van der Waals surface area contributed by atoms with Crippen molar-refractivity contribution in [3.8, 4) is 0 Å². The van der Waals surface area contributed by atoms with Gasteiger partial charge in [0.15, 0.2) is 0 Å². The summed E-state index contributed by atoms with van der Waals surface area (Å²) in [4.78, 5) is 4.20. The molecule has 2 aromatic rings. The Balaban J connectivity index is 2.16. The minimum absolute atomic E-state index is 0.0628. The van der Waals surface area contributed by atoms with Crippen LogP contribution in [0.15, 0.2) is 48.7 Å². The van der Waals surface area contributed by atoms with Gasteiger partial charge in [0, 0.05) is 13.3 Å². The average Bonchev–Trinajstić information content (AvgIpc) is 2.50. The molecule has 0 saturated heterocycles. The molecule has 22 heavy (non-hydrogen) atoms. The summed E-state index contributed by atoms with van der Waals surface area (Å²) in [5.74, 6) is -0.0628. The number of rotatable bonds is 7. The van der Waals surface area contributed by atoms with Crippen molar-refractivity contribution in [2.45, 2.75) is 18.7 Å². The Bertz CT molecular complexity index is 702. The maximum Gasteiger partial charge on any atom is 0.216 e. The summed E-state index contributed by atoms with van der Waals surface area (Å²) in [6, 6.07) is 12.3. The standard InChI is InChI=1S/C16H20N2O3S/c1-13-7-3-4-8-14(13)12-22(19,20)18-16(11-21-2)15-9-5-6-10-17-15/h3-10,16,18H,11-12H2,1-2H3. The van der Waals surface area contributed by atoms with E-state index in [0.29, 0.717) is 5.69 Å². The first kappa shape index (κ1) is 16.6. The van der Waals surface area contributed by atoms with E-state index >= 15 is 0 Å². The van der Waals surface area contributed by atoms with Gasteiger partial charge in [-0.05, 0) is 30.2 Å². The molecule has 118 valence electrons. The number of benzene rings is 1. The lowest BCUT2D eigenvalue weighted by molar-refractivity contribution is 0.174. The Labute approximate surface area is 131 Å². The first-order valence-corrected chi connectivity index (χ1v) is 8.61. The third-order valence-electron chi connectivity index (χ3n) is 3.31. The van der Waals surface area contributed by atoms with Crippen molar-refractivity contribution in [3.63, 3.8) is 0 Å². The molecule has 1 aromatic heterocycles. The molecule has 0 radical (unpaired) electrons. The predicted molar refractivity (Wildman–Crippen MR) is 85.8 cm³/mol. The molecule has 5 nitrogen and oxygen atoms in total. The summed E-state index contributed by atoms with van der Waals surface area (Å²) < 4.78 is 32.6. The van der Waals surface area contributed by atoms with Crippen molar-refractivity contribution in [1.82, 2.24) is 9.71 Å². The lowest BCUT2D eigenvalue weighted by Gasteiger charge is -2.18. The molecule has 6 heteroatoms. The number of methoxy groups -OCH3 is 1. The van der Waals surface area contributed by atoms with Gasteiger partial charge >= 0.3 is 0 Å². The van der Waals surface area contributed by atoms with Crippen LogP contribution in [0.25, 0.3) is 0 Å². The zero-order valence-corrected chi connectivity index (χ0v) is 13.5. The lowest BCUT2D eigenvalue weighted by atomic mass is 10.1. The van der Waals surface area contributed by atoms with Crippen LogP contribution in [0.2, 0.25) is 0 Å². The fourth-order valence-electron chi connectivity index (χ4n) is 2.16. The van der Waals surface area contributed by atoms with E-state index in [9.17, 15) is 8.42 Å². The summed E-state index contributed by atoms with van der Waals surface area (Å²) in [7, 11) is -1.96. The fourth-order valence-corrected chi connectivity index (χ4v) is 3.60. The predicted octanol–water partition coefficient (Wildman–Crippen LogP) is 2.20. The topological polar surface area (TPSA) is 68.3 Å². The number of aryl methyl sites for hydroxylation is 1. The highest BCUT2D eigenvalue weighted by molar-refractivity contribution is 7.88. The monoisotopic (exact) mass is 320 g/mol. The quantitative estimate of drug-likeness (QED) is 0.849. The molecular formula is C16H20N2O3S. The smallest absolute Gasteiger partial charge is 0.216 e. The van der Waals surface area contributed by atoms with E-state index in [-0.39, 0.29) is 12.4 Å². The van der Waals surface area contributed by atoms with Gasteiger partial charge in [-0.2, -0.15) is 0 Å². The minimum Gasteiger partial charge on any atom is -0.383 e. The van der Waals surface area contributed by atoms with Gasteiger partial charge in [-0.25, -0.2) is 13.1 Å². The number of sulfonamides is 1. The van der Waals surface area contributed by atoms with Gasteiger partial charge in [0.2, 0.25) is 10.0 Å². The molecular weight excluding hydrogens is 300 g/mol. The summed E-state index contributed by atoms with van der Waals surface area (Å²) in [6.07, 6.45) is 1.63. The lowest BCUT2D eigenvalue weighted by Crippen LogP contribution is -2.33. The van der Waals surface area contributed by atoms with E-state index in [1.165, 1.54) is 7.11 Å². The van der Waals surface area contributed by atoms with Crippen molar-refractivity contribution in [2.24, 2.45) is 0 Å². The van der Waals surface area contributed by atoms with Gasteiger partial charge < -0.3 is 4.74 Å². The normalized spacial score (nSPS) is 13.0. The van der Waals surface area contributed by atoms with Gasteiger partial charge in [0.1, 0.15) is 0 Å². The minimum atomic E-state index is -3.50. The van der Waals surface area contributed by atoms with Crippen LogP contribution in [0, 0.1) is 6.92 Å². The number of nitrogens with zero attached hydrogens (tertiary/aromatic N) is 1. The molecule has 1 N–H and O–H groups in total. The highest BCUT2D eigenvalue weighted by atomic mass is 32.2. The summed E-state index contributed by atoms with van der Waals surface area (Å²) in [5, 5.41) is 0. The van der Waals surface area contributed by atoms with Crippen LogP contribution in [0.1, 0.15) is 22.9 Å². The molecule has 0 aliphatic carbocycles. The van der Waals surface area contributed by atoms with Crippen LogP contribution in [-0.2, 0) is 20.5 Å². The Morgan fingerprint density at radius 2 is 1.91 bits per heavy atom. The zero-order valence-electron chi connectivity index (χ0n) is 12.7. The second-order valence-corrected chi connectivity index (χ2v) is 6.82. The second kappa shape index (κ2) is 7.49. The van der Waals surface area contributed by atoms with Crippen LogP contribution in [0.4, 0.5) is 0 Å². The molecule has 1 unspecified atom stereocenters. The van der Waals surface area contributed by atoms with Crippen LogP contribution in [0.5, 0.6) is 0 Å². The van der Waals surface area contributed by atoms with Crippen LogP contribution >= 0.6 is 0 Å². The first-order valence-electron chi connectivity index (χ1n) is 6.96. The Hall–Kier alpha value is -1.76. The van der Waals surface area contributed by atoms with E-state index in [0.717, 1.165) is 11.1 Å². The Morgan fingerprint density at radius 1 is 1.18 bits per heavy atom. The Kier molecular flexibility index (Phi) is 5.65. The molecule has 2 rings (SSSR count). The SMILES string of the molecule is COCC(NS(=O)(=O)Cc1ccccc1C)c1ccccn1. The van der Waals surface area contributed by atoms with E-state index in [2.05, 4.69) is 9.71 Å². The van der Waals surface area contributed by atoms with Gasteiger partial charge in [0.05, 0.1) is 24.1 Å². The van der Waals surface area contributed by atoms with Crippen molar-refractivity contribution >= 4 is 10.0 Å². The summed E-state index contributed by atoms with van der Waals surface area (Å²) >= 11 is 0.